The highest BCUT2D eigenvalue weighted by molar-refractivity contribution is 5.81. The summed E-state index contributed by atoms with van der Waals surface area (Å²) in [4.78, 5) is 14.3. The molecule has 1 saturated heterocycles. The number of nitrogens with one attached hydrogen (secondary N) is 1. The van der Waals surface area contributed by atoms with E-state index in [2.05, 4.69) is 48.3 Å². The van der Waals surface area contributed by atoms with E-state index in [-0.39, 0.29) is 17.9 Å². The summed E-state index contributed by atoms with van der Waals surface area (Å²) < 4.78 is 0. The van der Waals surface area contributed by atoms with Crippen LogP contribution in [0.3, 0.4) is 0 Å². The zero-order valence-electron chi connectivity index (χ0n) is 13.1. The summed E-state index contributed by atoms with van der Waals surface area (Å²) in [7, 11) is 0. The second kappa shape index (κ2) is 6.08. The number of amides is 1. The van der Waals surface area contributed by atoms with Crippen LogP contribution in [-0.4, -0.2) is 19.0 Å². The Morgan fingerprint density at radius 3 is 2.57 bits per heavy atom. The molecule has 3 nitrogen and oxygen atoms in total. The quantitative estimate of drug-likeness (QED) is 0.918. The molecular formula is C18H26N2O. The minimum absolute atomic E-state index is 0.104. The lowest BCUT2D eigenvalue weighted by molar-refractivity contribution is -0.122. The van der Waals surface area contributed by atoms with Crippen molar-refractivity contribution in [3.8, 4) is 0 Å². The second-order valence-electron chi connectivity index (χ2n) is 6.79. The maximum absolute atomic E-state index is 11.8. The standard InChI is InChI=1S/C18H26N2O/c1-13-4-3-11-20(12-13)17-9-7-15(8-10-17)14(2)19-18(21)16-5-6-16/h7-10,13-14,16H,3-6,11-12H2,1-2H3,(H,19,21)/t13-,14-/m0/s1. The van der Waals surface area contributed by atoms with Crippen LogP contribution in [0.15, 0.2) is 24.3 Å². The highest BCUT2D eigenvalue weighted by atomic mass is 16.2. The van der Waals surface area contributed by atoms with E-state index in [1.165, 1.54) is 24.1 Å². The first-order valence-electron chi connectivity index (χ1n) is 8.29. The summed E-state index contributed by atoms with van der Waals surface area (Å²) in [6, 6.07) is 8.83. The molecule has 114 valence electrons. The lowest BCUT2D eigenvalue weighted by atomic mass is 9.99. The number of hydrogen-bond acceptors (Lipinski definition) is 2. The molecule has 3 rings (SSSR count). The van der Waals surface area contributed by atoms with Crippen LogP contribution >= 0.6 is 0 Å². The van der Waals surface area contributed by atoms with Crippen molar-refractivity contribution in [2.45, 2.75) is 45.6 Å². The molecule has 0 aromatic heterocycles. The van der Waals surface area contributed by atoms with Crippen LogP contribution in [0, 0.1) is 11.8 Å². The molecule has 1 saturated carbocycles. The molecule has 1 aromatic rings. The molecule has 0 spiro atoms. The number of rotatable bonds is 4. The van der Waals surface area contributed by atoms with Crippen LogP contribution in [0.4, 0.5) is 5.69 Å². The van der Waals surface area contributed by atoms with Gasteiger partial charge in [-0.3, -0.25) is 4.79 Å². The van der Waals surface area contributed by atoms with E-state index in [4.69, 9.17) is 0 Å². The Hall–Kier alpha value is -1.51. The molecule has 2 atom stereocenters. The van der Waals surface area contributed by atoms with Gasteiger partial charge in [-0.1, -0.05) is 19.1 Å². The van der Waals surface area contributed by atoms with Gasteiger partial charge in [0.15, 0.2) is 0 Å². The maximum Gasteiger partial charge on any atom is 0.223 e. The van der Waals surface area contributed by atoms with E-state index in [1.807, 2.05) is 0 Å². The van der Waals surface area contributed by atoms with Crippen molar-refractivity contribution >= 4 is 11.6 Å². The predicted molar refractivity (Wildman–Crippen MR) is 86.3 cm³/mol. The number of hydrogen-bond donors (Lipinski definition) is 1. The molecule has 1 heterocycles. The van der Waals surface area contributed by atoms with Crippen molar-refractivity contribution in [2.24, 2.45) is 11.8 Å². The molecular weight excluding hydrogens is 260 g/mol. The van der Waals surface area contributed by atoms with Crippen molar-refractivity contribution in [3.05, 3.63) is 29.8 Å². The SMILES string of the molecule is C[C@H]1CCCN(c2ccc([C@H](C)NC(=O)C3CC3)cc2)C1. The third-order valence-electron chi connectivity index (χ3n) is 4.72. The highest BCUT2D eigenvalue weighted by Crippen LogP contribution is 2.30. The predicted octanol–water partition coefficient (Wildman–Crippen LogP) is 3.51. The normalized spacial score (nSPS) is 23.7. The Labute approximate surface area is 127 Å². The van der Waals surface area contributed by atoms with Gasteiger partial charge in [0.2, 0.25) is 5.91 Å². The lowest BCUT2D eigenvalue weighted by Gasteiger charge is -2.33. The van der Waals surface area contributed by atoms with E-state index in [0.717, 1.165) is 31.8 Å². The van der Waals surface area contributed by atoms with Gasteiger partial charge in [-0.15, -0.1) is 0 Å². The molecule has 1 aliphatic carbocycles. The third kappa shape index (κ3) is 3.58. The van der Waals surface area contributed by atoms with Gasteiger partial charge in [-0.05, 0) is 56.2 Å². The van der Waals surface area contributed by atoms with Gasteiger partial charge in [-0.25, -0.2) is 0 Å². The highest BCUT2D eigenvalue weighted by Gasteiger charge is 2.30. The number of piperidine rings is 1. The fourth-order valence-corrected chi connectivity index (χ4v) is 3.16. The molecule has 3 heteroatoms. The Morgan fingerprint density at radius 1 is 1.24 bits per heavy atom. The topological polar surface area (TPSA) is 32.3 Å². The van der Waals surface area contributed by atoms with Crippen molar-refractivity contribution in [1.82, 2.24) is 5.32 Å². The Bertz CT molecular complexity index is 492. The van der Waals surface area contributed by atoms with Crippen molar-refractivity contribution in [2.75, 3.05) is 18.0 Å². The van der Waals surface area contributed by atoms with E-state index >= 15 is 0 Å². The average Bonchev–Trinajstić information content (AvgIpc) is 3.32. The van der Waals surface area contributed by atoms with Gasteiger partial charge in [-0.2, -0.15) is 0 Å². The Morgan fingerprint density at radius 2 is 1.95 bits per heavy atom. The monoisotopic (exact) mass is 286 g/mol. The van der Waals surface area contributed by atoms with Crippen LogP contribution in [0.25, 0.3) is 0 Å². The molecule has 0 unspecified atom stereocenters. The summed E-state index contributed by atoms with van der Waals surface area (Å²) in [6.07, 6.45) is 4.75. The largest absolute Gasteiger partial charge is 0.371 e. The van der Waals surface area contributed by atoms with Gasteiger partial charge >= 0.3 is 0 Å². The summed E-state index contributed by atoms with van der Waals surface area (Å²) in [6.45, 7) is 6.72. The van der Waals surface area contributed by atoms with E-state index in [1.54, 1.807) is 0 Å². The summed E-state index contributed by atoms with van der Waals surface area (Å²) >= 11 is 0. The molecule has 0 radical (unpaired) electrons. The second-order valence-corrected chi connectivity index (χ2v) is 6.79. The lowest BCUT2D eigenvalue weighted by Crippen LogP contribution is -2.34. The average molecular weight is 286 g/mol. The molecule has 0 bridgehead atoms. The molecule has 1 N–H and O–H groups in total. The fourth-order valence-electron chi connectivity index (χ4n) is 3.16. The fraction of sp³-hybridized carbons (Fsp3) is 0.611. The molecule has 21 heavy (non-hydrogen) atoms. The van der Waals surface area contributed by atoms with E-state index in [0.29, 0.717) is 0 Å². The summed E-state index contributed by atoms with van der Waals surface area (Å²) in [5, 5.41) is 3.11. The third-order valence-corrected chi connectivity index (χ3v) is 4.72. The first-order valence-corrected chi connectivity index (χ1v) is 8.29. The number of nitrogens with zero attached hydrogens (tertiary/aromatic N) is 1. The van der Waals surface area contributed by atoms with Gasteiger partial charge in [0.05, 0.1) is 6.04 Å². The smallest absolute Gasteiger partial charge is 0.223 e. The summed E-state index contributed by atoms with van der Waals surface area (Å²) in [5.74, 6) is 1.29. The van der Waals surface area contributed by atoms with Gasteiger partial charge in [0.1, 0.15) is 0 Å². The van der Waals surface area contributed by atoms with Crippen LogP contribution in [0.2, 0.25) is 0 Å². The van der Waals surface area contributed by atoms with Crippen LogP contribution < -0.4 is 10.2 Å². The van der Waals surface area contributed by atoms with Crippen molar-refractivity contribution < 1.29 is 4.79 Å². The Kier molecular flexibility index (Phi) is 4.18. The van der Waals surface area contributed by atoms with Crippen LogP contribution in [0.5, 0.6) is 0 Å². The maximum atomic E-state index is 11.8. The zero-order chi connectivity index (χ0) is 14.8. The minimum Gasteiger partial charge on any atom is -0.371 e. The zero-order valence-corrected chi connectivity index (χ0v) is 13.1. The van der Waals surface area contributed by atoms with Gasteiger partial charge in [0.25, 0.3) is 0 Å². The first-order chi connectivity index (χ1) is 10.1. The molecule has 2 fully saturated rings. The summed E-state index contributed by atoms with van der Waals surface area (Å²) in [5.41, 5.74) is 2.50. The van der Waals surface area contributed by atoms with E-state index in [9.17, 15) is 4.79 Å². The number of benzene rings is 1. The first kappa shape index (κ1) is 14.4. The van der Waals surface area contributed by atoms with Gasteiger partial charge < -0.3 is 10.2 Å². The molecule has 1 aliphatic heterocycles. The minimum atomic E-state index is 0.104. The number of anilines is 1. The molecule has 1 amide bonds. The van der Waals surface area contributed by atoms with Crippen LogP contribution in [-0.2, 0) is 4.79 Å². The van der Waals surface area contributed by atoms with Crippen molar-refractivity contribution in [1.29, 1.82) is 0 Å². The molecule has 1 aromatic carbocycles. The molecule has 2 aliphatic rings. The van der Waals surface area contributed by atoms with Crippen LogP contribution in [0.1, 0.15) is 51.1 Å². The number of carbonyl (C=O) groups excluding carboxylic acids is 1. The van der Waals surface area contributed by atoms with E-state index < -0.39 is 0 Å². The van der Waals surface area contributed by atoms with Crippen molar-refractivity contribution in [3.63, 3.8) is 0 Å². The Balaban J connectivity index is 1.61. The van der Waals surface area contributed by atoms with Gasteiger partial charge in [0, 0.05) is 24.7 Å². The number of carbonyl (C=O) groups is 1.